The third-order valence-electron chi connectivity index (χ3n) is 3.90. The first-order valence-corrected chi connectivity index (χ1v) is 7.65. The van der Waals surface area contributed by atoms with Gasteiger partial charge in [0.1, 0.15) is 0 Å². The van der Waals surface area contributed by atoms with Crippen molar-refractivity contribution >= 4 is 35.8 Å². The van der Waals surface area contributed by atoms with E-state index in [1.54, 1.807) is 0 Å². The van der Waals surface area contributed by atoms with Gasteiger partial charge < -0.3 is 21.3 Å². The van der Waals surface area contributed by atoms with Crippen LogP contribution in [0, 0.1) is 5.92 Å². The molecule has 0 aliphatic carbocycles. The van der Waals surface area contributed by atoms with E-state index in [9.17, 15) is 4.79 Å². The second-order valence-electron chi connectivity index (χ2n) is 5.31. The van der Waals surface area contributed by atoms with E-state index >= 15 is 0 Å². The van der Waals surface area contributed by atoms with E-state index in [0.29, 0.717) is 5.96 Å². The summed E-state index contributed by atoms with van der Waals surface area (Å²) in [5.74, 6) is 0.482. The lowest BCUT2D eigenvalue weighted by atomic mass is 9.97. The van der Waals surface area contributed by atoms with Gasteiger partial charge in [-0.3, -0.25) is 9.79 Å². The molecule has 0 aromatic rings. The van der Waals surface area contributed by atoms with Crippen molar-refractivity contribution in [1.82, 2.24) is 9.80 Å². The number of rotatable bonds is 7. The number of halogens is 1. The number of nitrogens with two attached hydrogens (primary N) is 2. The van der Waals surface area contributed by atoms with Crippen LogP contribution < -0.4 is 11.5 Å². The standard InChI is InChI=1S/C14H29N5O.HI/c1-3-19(4-2)14(16)17-8-6-10-18-9-5-7-12(11-18)13(15)20;/h12H,3-11H2,1-2H3,(H2,15,20)(H2,16,17);1H. The van der Waals surface area contributed by atoms with Crippen molar-refractivity contribution in [2.45, 2.75) is 33.1 Å². The van der Waals surface area contributed by atoms with Crippen LogP contribution in [0.4, 0.5) is 0 Å². The number of primary amides is 1. The Bertz CT molecular complexity index is 333. The number of carbonyl (C=O) groups is 1. The smallest absolute Gasteiger partial charge is 0.221 e. The minimum absolute atomic E-state index is 0. The molecule has 21 heavy (non-hydrogen) atoms. The summed E-state index contributed by atoms with van der Waals surface area (Å²) in [5.41, 5.74) is 11.3. The molecule has 7 heteroatoms. The molecule has 0 spiro atoms. The van der Waals surface area contributed by atoms with Crippen LogP contribution in [0.5, 0.6) is 0 Å². The second-order valence-corrected chi connectivity index (χ2v) is 5.31. The van der Waals surface area contributed by atoms with Gasteiger partial charge >= 0.3 is 0 Å². The normalized spacial score (nSPS) is 19.9. The molecule has 1 rings (SSSR count). The first-order valence-electron chi connectivity index (χ1n) is 7.65. The lowest BCUT2D eigenvalue weighted by molar-refractivity contribution is -0.123. The predicted octanol–water partition coefficient (Wildman–Crippen LogP) is 0.848. The molecule has 0 aromatic heterocycles. The van der Waals surface area contributed by atoms with Crippen molar-refractivity contribution in [3.8, 4) is 0 Å². The molecule has 0 aromatic carbocycles. The highest BCUT2D eigenvalue weighted by atomic mass is 127. The molecule has 1 saturated heterocycles. The Morgan fingerprint density at radius 1 is 1.33 bits per heavy atom. The zero-order chi connectivity index (χ0) is 15.0. The van der Waals surface area contributed by atoms with E-state index in [1.807, 2.05) is 4.90 Å². The largest absolute Gasteiger partial charge is 0.370 e. The Hall–Kier alpha value is -0.570. The first kappa shape index (κ1) is 20.4. The molecule has 6 nitrogen and oxygen atoms in total. The molecule has 1 atom stereocenters. The molecule has 1 amide bonds. The van der Waals surface area contributed by atoms with Gasteiger partial charge in [-0.15, -0.1) is 24.0 Å². The third kappa shape index (κ3) is 7.30. The van der Waals surface area contributed by atoms with Crippen LogP contribution in [-0.4, -0.2) is 60.9 Å². The molecule has 0 saturated carbocycles. The van der Waals surface area contributed by atoms with Gasteiger partial charge in [-0.1, -0.05) is 0 Å². The Morgan fingerprint density at radius 2 is 2.00 bits per heavy atom. The summed E-state index contributed by atoms with van der Waals surface area (Å²) >= 11 is 0. The third-order valence-corrected chi connectivity index (χ3v) is 3.90. The predicted molar refractivity (Wildman–Crippen MR) is 97.8 cm³/mol. The van der Waals surface area contributed by atoms with Crippen molar-refractivity contribution in [3.63, 3.8) is 0 Å². The van der Waals surface area contributed by atoms with Crippen molar-refractivity contribution in [1.29, 1.82) is 0 Å². The maximum atomic E-state index is 11.2. The van der Waals surface area contributed by atoms with Crippen LogP contribution in [0.15, 0.2) is 4.99 Å². The van der Waals surface area contributed by atoms with Gasteiger partial charge in [0, 0.05) is 26.2 Å². The Kier molecular flexibility index (Phi) is 10.8. The maximum absolute atomic E-state index is 11.2. The fraction of sp³-hybridized carbons (Fsp3) is 0.857. The van der Waals surface area contributed by atoms with E-state index in [2.05, 4.69) is 23.7 Å². The summed E-state index contributed by atoms with van der Waals surface area (Å²) in [7, 11) is 0. The number of aliphatic imine (C=N–C) groups is 1. The van der Waals surface area contributed by atoms with Gasteiger partial charge in [-0.25, -0.2) is 0 Å². The Labute approximate surface area is 145 Å². The van der Waals surface area contributed by atoms with Gasteiger partial charge in [0.25, 0.3) is 0 Å². The number of likely N-dealkylation sites (tertiary alicyclic amines) is 1. The number of carbonyl (C=O) groups excluding carboxylic acids is 1. The topological polar surface area (TPSA) is 87.9 Å². The summed E-state index contributed by atoms with van der Waals surface area (Å²) in [6.07, 6.45) is 2.95. The molecule has 1 fully saturated rings. The number of nitrogens with zero attached hydrogens (tertiary/aromatic N) is 3. The SMILES string of the molecule is CCN(CC)C(N)=NCCCN1CCCC(C(N)=O)C1.I. The van der Waals surface area contributed by atoms with E-state index in [-0.39, 0.29) is 35.8 Å². The van der Waals surface area contributed by atoms with Crippen molar-refractivity contribution in [2.24, 2.45) is 22.4 Å². The summed E-state index contributed by atoms with van der Waals surface area (Å²) in [4.78, 5) is 20.0. The van der Waals surface area contributed by atoms with E-state index in [0.717, 1.165) is 58.5 Å². The maximum Gasteiger partial charge on any atom is 0.221 e. The lowest BCUT2D eigenvalue weighted by Crippen LogP contribution is -2.41. The molecule has 0 radical (unpaired) electrons. The summed E-state index contributed by atoms with van der Waals surface area (Å²) in [6, 6.07) is 0. The molecular formula is C14H30IN5O. The zero-order valence-electron chi connectivity index (χ0n) is 13.3. The van der Waals surface area contributed by atoms with Gasteiger partial charge in [0.15, 0.2) is 5.96 Å². The molecule has 124 valence electrons. The highest BCUT2D eigenvalue weighted by molar-refractivity contribution is 14.0. The van der Waals surface area contributed by atoms with Crippen LogP contribution >= 0.6 is 24.0 Å². The van der Waals surface area contributed by atoms with Gasteiger partial charge in [0.2, 0.25) is 5.91 Å². The molecule has 1 aliphatic rings. The minimum Gasteiger partial charge on any atom is -0.370 e. The zero-order valence-corrected chi connectivity index (χ0v) is 15.6. The van der Waals surface area contributed by atoms with Crippen LogP contribution in [0.3, 0.4) is 0 Å². The highest BCUT2D eigenvalue weighted by Crippen LogP contribution is 2.15. The summed E-state index contributed by atoms with van der Waals surface area (Å²) in [6.45, 7) is 9.46. The summed E-state index contributed by atoms with van der Waals surface area (Å²) < 4.78 is 0. The van der Waals surface area contributed by atoms with E-state index < -0.39 is 0 Å². The van der Waals surface area contributed by atoms with Crippen LogP contribution in [-0.2, 0) is 4.79 Å². The lowest BCUT2D eigenvalue weighted by Gasteiger charge is -2.30. The van der Waals surface area contributed by atoms with Crippen molar-refractivity contribution in [2.75, 3.05) is 39.3 Å². The molecule has 4 N–H and O–H groups in total. The average Bonchev–Trinajstić information content (AvgIpc) is 2.45. The fourth-order valence-corrected chi connectivity index (χ4v) is 2.63. The number of piperidine rings is 1. The number of hydrogen-bond donors (Lipinski definition) is 2. The van der Waals surface area contributed by atoms with Gasteiger partial charge in [-0.05, 0) is 46.2 Å². The number of guanidine groups is 1. The Morgan fingerprint density at radius 3 is 2.57 bits per heavy atom. The van der Waals surface area contributed by atoms with Crippen LogP contribution in [0.25, 0.3) is 0 Å². The quantitative estimate of drug-likeness (QED) is 0.281. The molecule has 1 aliphatic heterocycles. The molecule has 1 heterocycles. The van der Waals surface area contributed by atoms with Crippen LogP contribution in [0.2, 0.25) is 0 Å². The van der Waals surface area contributed by atoms with E-state index in [1.165, 1.54) is 0 Å². The molecule has 0 bridgehead atoms. The van der Waals surface area contributed by atoms with Gasteiger partial charge in [-0.2, -0.15) is 0 Å². The average molecular weight is 411 g/mol. The molecular weight excluding hydrogens is 381 g/mol. The number of hydrogen-bond acceptors (Lipinski definition) is 3. The van der Waals surface area contributed by atoms with Crippen molar-refractivity contribution < 1.29 is 4.79 Å². The Balaban J connectivity index is 0.00000400. The van der Waals surface area contributed by atoms with Gasteiger partial charge in [0.05, 0.1) is 5.92 Å². The highest BCUT2D eigenvalue weighted by Gasteiger charge is 2.23. The second kappa shape index (κ2) is 11.1. The van der Waals surface area contributed by atoms with Crippen molar-refractivity contribution in [3.05, 3.63) is 0 Å². The first-order chi connectivity index (χ1) is 9.58. The van der Waals surface area contributed by atoms with Crippen LogP contribution in [0.1, 0.15) is 33.1 Å². The fourth-order valence-electron chi connectivity index (χ4n) is 2.63. The molecule has 1 unspecified atom stereocenters. The monoisotopic (exact) mass is 411 g/mol. The summed E-state index contributed by atoms with van der Waals surface area (Å²) in [5, 5.41) is 0. The van der Waals surface area contributed by atoms with E-state index in [4.69, 9.17) is 11.5 Å². The number of amides is 1. The minimum atomic E-state index is -0.168.